The van der Waals surface area contributed by atoms with E-state index in [2.05, 4.69) is 92.2 Å². The molecule has 0 bridgehead atoms. The van der Waals surface area contributed by atoms with Crippen LogP contribution in [0.2, 0.25) is 0 Å². The van der Waals surface area contributed by atoms with Gasteiger partial charge in [0.2, 0.25) is 0 Å². The first-order chi connectivity index (χ1) is 20.7. The Hall–Kier alpha value is -4.47. The number of aromatic hydroxyl groups is 1. The maximum Gasteiger partial charge on any atom is 0.140 e. The molecule has 7 rings (SSSR count). The van der Waals surface area contributed by atoms with Gasteiger partial charge in [0.25, 0.3) is 0 Å². The molecule has 0 spiro atoms. The van der Waals surface area contributed by atoms with Crippen LogP contribution in [-0.2, 0) is 26.5 Å². The molecule has 0 atom stereocenters. The Morgan fingerprint density at radius 3 is 2.33 bits per heavy atom. The molecule has 43 heavy (non-hydrogen) atoms. The zero-order valence-corrected chi connectivity index (χ0v) is 26.6. The molecule has 4 aromatic carbocycles. The van der Waals surface area contributed by atoms with Crippen molar-refractivity contribution in [3.63, 3.8) is 0 Å². The number of pyridine rings is 2. The summed E-state index contributed by atoms with van der Waals surface area (Å²) in [6, 6.07) is 36.0. The van der Waals surface area contributed by atoms with Gasteiger partial charge in [-0.2, -0.15) is 0 Å². The summed E-state index contributed by atoms with van der Waals surface area (Å²) in [4.78, 5) is 14.0. The third kappa shape index (κ3) is 4.98. The first kappa shape index (κ1) is 27.4. The number of fused-ring (bicyclic) bond motifs is 3. The van der Waals surface area contributed by atoms with Gasteiger partial charge < -0.3 is 14.9 Å². The van der Waals surface area contributed by atoms with Crippen LogP contribution in [0.5, 0.6) is 5.75 Å². The molecule has 0 saturated heterocycles. The second kappa shape index (κ2) is 11.0. The van der Waals surface area contributed by atoms with Gasteiger partial charge in [0.1, 0.15) is 17.1 Å². The molecule has 216 valence electrons. The van der Waals surface area contributed by atoms with E-state index in [9.17, 15) is 5.11 Å². The average molecular weight is 744 g/mol. The third-order valence-corrected chi connectivity index (χ3v) is 7.90. The normalized spacial score (nSPS) is 12.8. The van der Waals surface area contributed by atoms with E-state index < -0.39 is 0 Å². The van der Waals surface area contributed by atoms with E-state index >= 15 is 0 Å². The Balaban J connectivity index is 0.00000343. The molecule has 1 aliphatic rings. The fraction of sp³-hybridized carbons (Fsp3) is 0.135. The summed E-state index contributed by atoms with van der Waals surface area (Å²) in [6.45, 7) is 6.66. The standard InChI is InChI=1S/C37H31N4O.Pt/c1-37(2,3)27-18-15-24(16-19-27)28-22-26(29-20-17-25-10-9-13-33(42)35(25)39-29)23-32-36(28)40(4)30-11-5-6-12-31(30)41(32)34-14-7-8-21-38-34;/h5-22,42H,1-4H3;/q-1;/i10D;. The van der Waals surface area contributed by atoms with Gasteiger partial charge in [-0.1, -0.05) is 93.0 Å². The molecule has 1 N–H and O–H groups in total. The monoisotopic (exact) mass is 743 g/mol. The molecular weight excluding hydrogens is 712 g/mol. The van der Waals surface area contributed by atoms with Gasteiger partial charge in [0.05, 0.1) is 12.7 Å². The number of phenolic OH excluding ortho intramolecular Hbond substituents is 1. The molecule has 0 fully saturated rings. The largest absolute Gasteiger partial charge is 0.506 e. The quantitative estimate of drug-likeness (QED) is 0.183. The molecule has 0 aliphatic carbocycles. The van der Waals surface area contributed by atoms with E-state index in [1.807, 2.05) is 36.4 Å². The first-order valence-corrected chi connectivity index (χ1v) is 14.1. The van der Waals surface area contributed by atoms with Crippen molar-refractivity contribution >= 4 is 39.5 Å². The number of hydrogen-bond acceptors (Lipinski definition) is 5. The van der Waals surface area contributed by atoms with Gasteiger partial charge in [-0.3, -0.25) is 4.98 Å². The Labute approximate surface area is 268 Å². The Morgan fingerprint density at radius 1 is 0.860 bits per heavy atom. The second-order valence-corrected chi connectivity index (χ2v) is 11.6. The van der Waals surface area contributed by atoms with Crippen molar-refractivity contribution in [1.29, 1.82) is 0 Å². The molecular formula is C37H31N4OPt-. The first-order valence-electron chi connectivity index (χ1n) is 14.6. The van der Waals surface area contributed by atoms with Crippen molar-refractivity contribution in [2.45, 2.75) is 26.2 Å². The number of rotatable bonds is 3. The molecule has 0 amide bonds. The number of benzene rings is 4. The molecule has 2 aromatic heterocycles. The minimum Gasteiger partial charge on any atom is -0.506 e. The van der Waals surface area contributed by atoms with Crippen molar-refractivity contribution in [2.24, 2.45) is 0 Å². The van der Waals surface area contributed by atoms with Gasteiger partial charge >= 0.3 is 0 Å². The Morgan fingerprint density at radius 2 is 1.60 bits per heavy atom. The van der Waals surface area contributed by atoms with E-state index in [0.717, 1.165) is 45.3 Å². The van der Waals surface area contributed by atoms with E-state index in [0.29, 0.717) is 22.6 Å². The summed E-state index contributed by atoms with van der Waals surface area (Å²) in [5.41, 5.74) is 9.16. The number of nitrogens with zero attached hydrogens (tertiary/aromatic N) is 4. The SMILES string of the molecule is [2H]c1ccc(O)c2nc(-c3[c-]c4c(c(-c5ccc(C(C)(C)C)cc5)c3)N(C)c3ccccc3N4c3ccccn3)ccc12.[Pt]. The summed E-state index contributed by atoms with van der Waals surface area (Å²) in [7, 11) is 2.09. The molecule has 0 radical (unpaired) electrons. The van der Waals surface area contributed by atoms with E-state index in [1.165, 1.54) is 11.6 Å². The van der Waals surface area contributed by atoms with Crippen LogP contribution in [0.1, 0.15) is 27.7 Å². The summed E-state index contributed by atoms with van der Waals surface area (Å²) in [5.74, 6) is 0.835. The molecule has 3 heterocycles. The van der Waals surface area contributed by atoms with E-state index in [-0.39, 0.29) is 32.2 Å². The van der Waals surface area contributed by atoms with Crippen LogP contribution in [0.15, 0.2) is 109 Å². The predicted octanol–water partition coefficient (Wildman–Crippen LogP) is 9.32. The minimum atomic E-state index is 0. The Kier molecular flexibility index (Phi) is 6.99. The van der Waals surface area contributed by atoms with Gasteiger partial charge in [-0.05, 0) is 63.9 Å². The number of phenols is 1. The van der Waals surface area contributed by atoms with Crippen LogP contribution >= 0.6 is 0 Å². The van der Waals surface area contributed by atoms with Crippen LogP contribution in [0.3, 0.4) is 0 Å². The average Bonchev–Trinajstić information content (AvgIpc) is 3.02. The predicted molar refractivity (Wildman–Crippen MR) is 172 cm³/mol. The van der Waals surface area contributed by atoms with Gasteiger partial charge in [-0.15, -0.1) is 17.7 Å². The molecule has 0 saturated carbocycles. The van der Waals surface area contributed by atoms with Crippen molar-refractivity contribution in [3.8, 4) is 28.1 Å². The summed E-state index contributed by atoms with van der Waals surface area (Å²) < 4.78 is 8.30. The van der Waals surface area contributed by atoms with Crippen LogP contribution in [-0.4, -0.2) is 22.1 Å². The third-order valence-electron chi connectivity index (χ3n) is 7.90. The van der Waals surface area contributed by atoms with Crippen molar-refractivity contribution in [3.05, 3.63) is 121 Å². The summed E-state index contributed by atoms with van der Waals surface area (Å²) in [6.07, 6.45) is 1.80. The van der Waals surface area contributed by atoms with Crippen molar-refractivity contribution in [2.75, 3.05) is 16.8 Å². The van der Waals surface area contributed by atoms with E-state index in [4.69, 9.17) is 11.3 Å². The Bertz CT molecular complexity index is 2010. The van der Waals surface area contributed by atoms with E-state index in [1.54, 1.807) is 12.3 Å². The van der Waals surface area contributed by atoms with Crippen LogP contribution in [0.4, 0.5) is 28.6 Å². The summed E-state index contributed by atoms with van der Waals surface area (Å²) >= 11 is 0. The number of anilines is 5. The number of para-hydroxylation sites is 3. The summed E-state index contributed by atoms with van der Waals surface area (Å²) in [5, 5.41) is 11.2. The molecule has 1 aliphatic heterocycles. The molecule has 0 unspecified atom stereocenters. The second-order valence-electron chi connectivity index (χ2n) is 11.6. The molecule has 5 nitrogen and oxygen atoms in total. The zero-order valence-electron chi connectivity index (χ0n) is 25.4. The fourth-order valence-electron chi connectivity index (χ4n) is 5.68. The van der Waals surface area contributed by atoms with Crippen LogP contribution in [0, 0.1) is 6.07 Å². The van der Waals surface area contributed by atoms with Crippen molar-refractivity contribution in [1.82, 2.24) is 9.97 Å². The number of hydrogen-bond donors (Lipinski definition) is 1. The van der Waals surface area contributed by atoms with Crippen LogP contribution in [0.25, 0.3) is 33.3 Å². The molecule has 6 aromatic rings. The van der Waals surface area contributed by atoms with Gasteiger partial charge in [0.15, 0.2) is 0 Å². The van der Waals surface area contributed by atoms with Crippen molar-refractivity contribution < 1.29 is 27.5 Å². The minimum absolute atomic E-state index is 0. The maximum absolute atomic E-state index is 10.6. The zero-order chi connectivity index (χ0) is 29.9. The molecule has 6 heteroatoms. The number of aromatic nitrogens is 2. The maximum atomic E-state index is 10.6. The van der Waals surface area contributed by atoms with Gasteiger partial charge in [-0.25, -0.2) is 4.98 Å². The fourth-order valence-corrected chi connectivity index (χ4v) is 5.68. The smallest absolute Gasteiger partial charge is 0.140 e. The topological polar surface area (TPSA) is 52.5 Å². The van der Waals surface area contributed by atoms with Crippen LogP contribution < -0.4 is 9.80 Å². The van der Waals surface area contributed by atoms with Gasteiger partial charge in [0, 0.05) is 39.7 Å².